The van der Waals surface area contributed by atoms with E-state index in [1.807, 2.05) is 13.0 Å². The Hall–Kier alpha value is -1.99. The average Bonchev–Trinajstić information content (AvgIpc) is 2.53. The molecule has 1 aromatic heterocycles. The first-order chi connectivity index (χ1) is 11.3. The number of carbonyl (C=O) groups excluding carboxylic acids is 2. The molecule has 1 atom stereocenters. The van der Waals surface area contributed by atoms with E-state index < -0.39 is 5.54 Å². The molecule has 0 spiro atoms. The third-order valence-electron chi connectivity index (χ3n) is 3.43. The van der Waals surface area contributed by atoms with E-state index in [9.17, 15) is 9.59 Å². The zero-order chi connectivity index (χ0) is 18.0. The smallest absolute Gasteiger partial charge is 0.246 e. The van der Waals surface area contributed by atoms with Gasteiger partial charge in [0, 0.05) is 31.0 Å². The van der Waals surface area contributed by atoms with E-state index in [1.165, 1.54) is 0 Å². The van der Waals surface area contributed by atoms with Gasteiger partial charge in [-0.15, -0.1) is 0 Å². The zero-order valence-electron chi connectivity index (χ0n) is 14.7. The quantitative estimate of drug-likeness (QED) is 0.580. The molecule has 0 radical (unpaired) electrons. The molecule has 0 aromatic carbocycles. The van der Waals surface area contributed by atoms with Gasteiger partial charge in [-0.05, 0) is 30.9 Å². The Morgan fingerprint density at radius 2 is 2.04 bits per heavy atom. The standard InChI is InChI=1S/C17H28N4O3/c1-13(2)7-17(3,12-18)21-16(23)11-24-10-15(22)20-9-14-5-4-6-19-8-14/h4-6,8,13H,7,9-12,18H2,1-3H3,(H,20,22)(H,21,23). The minimum atomic E-state index is -0.461. The second kappa shape index (κ2) is 10.00. The van der Waals surface area contributed by atoms with Crippen LogP contribution >= 0.6 is 0 Å². The summed E-state index contributed by atoms with van der Waals surface area (Å²) in [5.41, 5.74) is 6.19. The van der Waals surface area contributed by atoms with Crippen LogP contribution in [0.5, 0.6) is 0 Å². The molecule has 0 aliphatic carbocycles. The summed E-state index contributed by atoms with van der Waals surface area (Å²) in [5, 5.41) is 5.58. The summed E-state index contributed by atoms with van der Waals surface area (Å²) >= 11 is 0. The third-order valence-corrected chi connectivity index (χ3v) is 3.43. The fourth-order valence-corrected chi connectivity index (χ4v) is 2.45. The molecule has 1 rings (SSSR count). The highest BCUT2D eigenvalue weighted by Gasteiger charge is 2.25. The van der Waals surface area contributed by atoms with Crippen molar-refractivity contribution in [3.8, 4) is 0 Å². The summed E-state index contributed by atoms with van der Waals surface area (Å²) in [7, 11) is 0. The van der Waals surface area contributed by atoms with E-state index in [2.05, 4.69) is 29.5 Å². The zero-order valence-corrected chi connectivity index (χ0v) is 14.7. The number of aromatic nitrogens is 1. The molecule has 134 valence electrons. The topological polar surface area (TPSA) is 106 Å². The van der Waals surface area contributed by atoms with Crippen molar-refractivity contribution in [2.75, 3.05) is 19.8 Å². The van der Waals surface area contributed by atoms with E-state index in [0.29, 0.717) is 19.0 Å². The Morgan fingerprint density at radius 3 is 2.62 bits per heavy atom. The molecule has 0 saturated carbocycles. The summed E-state index contributed by atoms with van der Waals surface area (Å²) in [4.78, 5) is 27.6. The van der Waals surface area contributed by atoms with Crippen LogP contribution in [0.2, 0.25) is 0 Å². The van der Waals surface area contributed by atoms with Crippen molar-refractivity contribution in [1.29, 1.82) is 0 Å². The number of hydrogen-bond donors (Lipinski definition) is 3. The molecule has 0 fully saturated rings. The van der Waals surface area contributed by atoms with E-state index in [4.69, 9.17) is 10.5 Å². The molecule has 0 bridgehead atoms. The number of nitrogens with two attached hydrogens (primary N) is 1. The first-order valence-corrected chi connectivity index (χ1v) is 8.09. The molecule has 0 saturated heterocycles. The lowest BCUT2D eigenvalue weighted by Gasteiger charge is -2.31. The van der Waals surface area contributed by atoms with Crippen molar-refractivity contribution in [1.82, 2.24) is 15.6 Å². The number of pyridine rings is 1. The van der Waals surface area contributed by atoms with Gasteiger partial charge in [-0.2, -0.15) is 0 Å². The van der Waals surface area contributed by atoms with E-state index >= 15 is 0 Å². The molecular formula is C17H28N4O3. The minimum absolute atomic E-state index is 0.169. The first kappa shape index (κ1) is 20.1. The van der Waals surface area contributed by atoms with Crippen molar-refractivity contribution in [2.24, 2.45) is 11.7 Å². The maximum Gasteiger partial charge on any atom is 0.246 e. The fourth-order valence-electron chi connectivity index (χ4n) is 2.45. The lowest BCUT2D eigenvalue weighted by atomic mass is 9.91. The molecule has 0 aliphatic rings. The summed E-state index contributed by atoms with van der Waals surface area (Å²) in [6.45, 7) is 6.44. The van der Waals surface area contributed by atoms with Crippen LogP contribution in [0.3, 0.4) is 0 Å². The Balaban J connectivity index is 2.25. The largest absolute Gasteiger partial charge is 0.362 e. The molecule has 7 nitrogen and oxygen atoms in total. The van der Waals surface area contributed by atoms with Crippen molar-refractivity contribution in [3.63, 3.8) is 0 Å². The second-order valence-electron chi connectivity index (χ2n) is 6.54. The lowest BCUT2D eigenvalue weighted by Crippen LogP contribution is -2.53. The van der Waals surface area contributed by atoms with Gasteiger partial charge in [0.15, 0.2) is 0 Å². The molecule has 7 heteroatoms. The van der Waals surface area contributed by atoms with Crippen LogP contribution in [-0.4, -0.2) is 42.1 Å². The summed E-state index contributed by atoms with van der Waals surface area (Å²) in [5.74, 6) is -0.142. The lowest BCUT2D eigenvalue weighted by molar-refractivity contribution is -0.132. The van der Waals surface area contributed by atoms with Crippen LogP contribution in [0, 0.1) is 5.92 Å². The van der Waals surface area contributed by atoms with Gasteiger partial charge in [0.05, 0.1) is 0 Å². The monoisotopic (exact) mass is 336 g/mol. The Labute approximate surface area is 143 Å². The van der Waals surface area contributed by atoms with Gasteiger partial charge in [0.1, 0.15) is 13.2 Å². The molecular weight excluding hydrogens is 308 g/mol. The number of amides is 2. The van der Waals surface area contributed by atoms with Crippen LogP contribution in [-0.2, 0) is 20.9 Å². The molecule has 2 amide bonds. The van der Waals surface area contributed by atoms with Crippen molar-refractivity contribution < 1.29 is 14.3 Å². The third kappa shape index (κ3) is 8.03. The predicted molar refractivity (Wildman–Crippen MR) is 92.0 cm³/mol. The number of rotatable bonds is 10. The normalized spacial score (nSPS) is 13.4. The SMILES string of the molecule is CC(C)CC(C)(CN)NC(=O)COCC(=O)NCc1cccnc1. The van der Waals surface area contributed by atoms with Gasteiger partial charge in [0.2, 0.25) is 11.8 Å². The van der Waals surface area contributed by atoms with Crippen LogP contribution in [0.4, 0.5) is 0 Å². The van der Waals surface area contributed by atoms with E-state index in [1.54, 1.807) is 18.5 Å². The Morgan fingerprint density at radius 1 is 1.33 bits per heavy atom. The fraction of sp³-hybridized carbons (Fsp3) is 0.588. The first-order valence-electron chi connectivity index (χ1n) is 8.09. The minimum Gasteiger partial charge on any atom is -0.362 e. The van der Waals surface area contributed by atoms with Gasteiger partial charge < -0.3 is 21.1 Å². The molecule has 1 unspecified atom stereocenters. The maximum absolute atomic E-state index is 11.9. The second-order valence-corrected chi connectivity index (χ2v) is 6.54. The van der Waals surface area contributed by atoms with Crippen LogP contribution in [0.1, 0.15) is 32.8 Å². The molecule has 4 N–H and O–H groups in total. The average molecular weight is 336 g/mol. The number of hydrogen-bond acceptors (Lipinski definition) is 5. The number of nitrogens with one attached hydrogen (secondary N) is 2. The predicted octanol–water partition coefficient (Wildman–Crippen LogP) is 0.594. The highest BCUT2D eigenvalue weighted by atomic mass is 16.5. The Bertz CT molecular complexity index is 522. The maximum atomic E-state index is 11.9. The Kier molecular flexibility index (Phi) is 8.35. The van der Waals surface area contributed by atoms with Crippen molar-refractivity contribution >= 4 is 11.8 Å². The molecule has 0 aliphatic heterocycles. The van der Waals surface area contributed by atoms with Crippen LogP contribution < -0.4 is 16.4 Å². The van der Waals surface area contributed by atoms with Gasteiger partial charge in [-0.25, -0.2) is 0 Å². The number of carbonyl (C=O) groups is 2. The van der Waals surface area contributed by atoms with Gasteiger partial charge in [0.25, 0.3) is 0 Å². The van der Waals surface area contributed by atoms with Crippen LogP contribution in [0.15, 0.2) is 24.5 Å². The number of nitrogens with zero attached hydrogens (tertiary/aromatic N) is 1. The highest BCUT2D eigenvalue weighted by Crippen LogP contribution is 2.14. The van der Waals surface area contributed by atoms with E-state index in [0.717, 1.165) is 12.0 Å². The van der Waals surface area contributed by atoms with Gasteiger partial charge in [-0.1, -0.05) is 19.9 Å². The highest BCUT2D eigenvalue weighted by molar-refractivity contribution is 5.80. The van der Waals surface area contributed by atoms with Gasteiger partial charge in [-0.3, -0.25) is 14.6 Å². The van der Waals surface area contributed by atoms with E-state index in [-0.39, 0.29) is 25.0 Å². The summed E-state index contributed by atoms with van der Waals surface area (Å²) in [6.07, 6.45) is 4.12. The molecule has 1 heterocycles. The van der Waals surface area contributed by atoms with Crippen molar-refractivity contribution in [3.05, 3.63) is 30.1 Å². The van der Waals surface area contributed by atoms with Gasteiger partial charge >= 0.3 is 0 Å². The van der Waals surface area contributed by atoms with Crippen molar-refractivity contribution in [2.45, 2.75) is 39.3 Å². The summed E-state index contributed by atoms with van der Waals surface area (Å²) < 4.78 is 5.16. The molecule has 1 aromatic rings. The molecule has 24 heavy (non-hydrogen) atoms. The van der Waals surface area contributed by atoms with Crippen LogP contribution in [0.25, 0.3) is 0 Å². The summed E-state index contributed by atoms with van der Waals surface area (Å²) in [6, 6.07) is 3.66. The number of ether oxygens (including phenoxy) is 1.